The van der Waals surface area contributed by atoms with Crippen molar-refractivity contribution >= 4 is 11.9 Å². The van der Waals surface area contributed by atoms with E-state index in [-0.39, 0.29) is 13.0 Å². The zero-order valence-corrected chi connectivity index (χ0v) is 10.9. The molecule has 2 unspecified atom stereocenters. The summed E-state index contributed by atoms with van der Waals surface area (Å²) >= 11 is 0. The molecule has 0 spiro atoms. The molecule has 0 aliphatic heterocycles. The first-order chi connectivity index (χ1) is 7.73. The van der Waals surface area contributed by atoms with Crippen LogP contribution in [0.3, 0.4) is 0 Å². The van der Waals surface area contributed by atoms with Crippen molar-refractivity contribution in [3.8, 4) is 0 Å². The van der Waals surface area contributed by atoms with Gasteiger partial charge in [-0.2, -0.15) is 0 Å². The molecule has 0 aliphatic rings. The van der Waals surface area contributed by atoms with E-state index in [0.717, 1.165) is 0 Å². The van der Waals surface area contributed by atoms with Crippen molar-refractivity contribution in [3.63, 3.8) is 0 Å². The van der Waals surface area contributed by atoms with E-state index in [1.54, 1.807) is 6.92 Å². The Morgan fingerprint density at radius 3 is 1.88 bits per heavy atom. The van der Waals surface area contributed by atoms with Crippen LogP contribution in [-0.2, 0) is 23.8 Å². The Morgan fingerprint density at radius 2 is 1.53 bits per heavy atom. The van der Waals surface area contributed by atoms with Gasteiger partial charge in [0, 0.05) is 13.5 Å². The molecule has 0 aromatic rings. The van der Waals surface area contributed by atoms with Crippen LogP contribution in [0.15, 0.2) is 0 Å². The third-order valence-corrected chi connectivity index (χ3v) is 2.50. The van der Waals surface area contributed by atoms with Gasteiger partial charge < -0.3 is 19.3 Å². The van der Waals surface area contributed by atoms with E-state index in [0.29, 0.717) is 0 Å². The minimum absolute atomic E-state index is 0.0345. The first-order valence-electron chi connectivity index (χ1n) is 5.11. The van der Waals surface area contributed by atoms with Crippen molar-refractivity contribution in [2.45, 2.75) is 25.9 Å². The van der Waals surface area contributed by atoms with Crippen LogP contribution in [0.2, 0.25) is 0 Å². The largest absolute Gasteiger partial charge is 0.469 e. The minimum atomic E-state index is -1.77. The molecule has 100 valence electrons. The number of rotatable bonds is 6. The summed E-state index contributed by atoms with van der Waals surface area (Å²) in [6.45, 7) is 2.88. The third-order valence-electron chi connectivity index (χ3n) is 2.50. The fourth-order valence-electron chi connectivity index (χ4n) is 1.80. The van der Waals surface area contributed by atoms with Gasteiger partial charge in [-0.05, 0) is 13.8 Å². The van der Waals surface area contributed by atoms with E-state index in [4.69, 9.17) is 4.74 Å². The van der Waals surface area contributed by atoms with Gasteiger partial charge in [0.05, 0.1) is 26.2 Å². The van der Waals surface area contributed by atoms with Gasteiger partial charge in [-0.3, -0.25) is 4.79 Å². The van der Waals surface area contributed by atoms with Crippen LogP contribution in [0.5, 0.6) is 0 Å². The molecule has 0 radical (unpaired) electrons. The molecule has 17 heavy (non-hydrogen) atoms. The normalized spacial score (nSPS) is 17.8. The Balaban J connectivity index is 4.99. The maximum Gasteiger partial charge on any atom is 0.337 e. The summed E-state index contributed by atoms with van der Waals surface area (Å²) in [5.74, 6) is -1.35. The highest BCUT2D eigenvalue weighted by Crippen LogP contribution is 2.31. The van der Waals surface area contributed by atoms with E-state index in [1.165, 1.54) is 28.3 Å². The maximum absolute atomic E-state index is 11.6. The standard InChI is InChI=1S/C11H20O6/c1-10(7-15-3,8(12)16-4)6-11(2,14)9(13)17-5/h14H,6-7H2,1-5H3. The number of carbonyl (C=O) groups is 2. The highest BCUT2D eigenvalue weighted by Gasteiger charge is 2.45. The van der Waals surface area contributed by atoms with E-state index in [2.05, 4.69) is 9.47 Å². The topological polar surface area (TPSA) is 82.1 Å². The lowest BCUT2D eigenvalue weighted by Gasteiger charge is -2.32. The smallest absolute Gasteiger partial charge is 0.337 e. The molecule has 2 atom stereocenters. The molecule has 0 aromatic heterocycles. The van der Waals surface area contributed by atoms with Gasteiger partial charge in [0.25, 0.3) is 0 Å². The maximum atomic E-state index is 11.6. The molecule has 0 saturated heterocycles. The Kier molecular flexibility index (Phi) is 5.57. The number of esters is 2. The van der Waals surface area contributed by atoms with Gasteiger partial charge in [-0.25, -0.2) is 4.79 Å². The zero-order chi connectivity index (χ0) is 13.7. The van der Waals surface area contributed by atoms with Gasteiger partial charge in [0.2, 0.25) is 0 Å². The lowest BCUT2D eigenvalue weighted by atomic mass is 9.80. The predicted octanol–water partition coefficient (Wildman–Crippen LogP) is 0.126. The van der Waals surface area contributed by atoms with Crippen LogP contribution in [0.4, 0.5) is 0 Å². The van der Waals surface area contributed by atoms with E-state index < -0.39 is 23.0 Å². The van der Waals surface area contributed by atoms with E-state index >= 15 is 0 Å². The molecule has 0 aromatic carbocycles. The summed E-state index contributed by atoms with van der Waals surface area (Å²) in [7, 11) is 3.83. The summed E-state index contributed by atoms with van der Waals surface area (Å²) in [6.07, 6.45) is -0.146. The van der Waals surface area contributed by atoms with Crippen molar-refractivity contribution in [2.24, 2.45) is 5.41 Å². The molecular formula is C11H20O6. The van der Waals surface area contributed by atoms with Crippen LogP contribution < -0.4 is 0 Å². The van der Waals surface area contributed by atoms with Crippen LogP contribution in [0.25, 0.3) is 0 Å². The average molecular weight is 248 g/mol. The number of aliphatic hydroxyl groups is 1. The molecule has 0 fully saturated rings. The Morgan fingerprint density at radius 1 is 1.06 bits per heavy atom. The Labute approximate surface area is 101 Å². The molecule has 0 aliphatic carbocycles. The van der Waals surface area contributed by atoms with Crippen LogP contribution in [0.1, 0.15) is 20.3 Å². The predicted molar refractivity (Wildman–Crippen MR) is 59.3 cm³/mol. The van der Waals surface area contributed by atoms with E-state index in [1.807, 2.05) is 0 Å². The summed E-state index contributed by atoms with van der Waals surface area (Å²) < 4.78 is 14.0. The second kappa shape index (κ2) is 5.97. The summed E-state index contributed by atoms with van der Waals surface area (Å²) in [5.41, 5.74) is -2.88. The van der Waals surface area contributed by atoms with Crippen molar-refractivity contribution in [2.75, 3.05) is 27.9 Å². The SMILES string of the molecule is COCC(C)(CC(C)(O)C(=O)OC)C(=O)OC. The molecule has 0 heterocycles. The first-order valence-corrected chi connectivity index (χ1v) is 5.11. The van der Waals surface area contributed by atoms with Gasteiger partial charge in [0.1, 0.15) is 0 Å². The molecule has 0 bridgehead atoms. The van der Waals surface area contributed by atoms with Gasteiger partial charge in [0.15, 0.2) is 5.60 Å². The highest BCUT2D eigenvalue weighted by molar-refractivity contribution is 5.82. The highest BCUT2D eigenvalue weighted by atomic mass is 16.5. The van der Waals surface area contributed by atoms with Crippen LogP contribution in [-0.4, -0.2) is 50.6 Å². The minimum Gasteiger partial charge on any atom is -0.469 e. The number of carbonyl (C=O) groups excluding carboxylic acids is 2. The number of ether oxygens (including phenoxy) is 3. The Hall–Kier alpha value is -1.14. The lowest BCUT2D eigenvalue weighted by molar-refractivity contribution is -0.171. The molecule has 1 N–H and O–H groups in total. The zero-order valence-electron chi connectivity index (χ0n) is 10.9. The second-order valence-corrected chi connectivity index (χ2v) is 4.43. The van der Waals surface area contributed by atoms with E-state index in [9.17, 15) is 14.7 Å². The number of hydrogen-bond donors (Lipinski definition) is 1. The van der Waals surface area contributed by atoms with Gasteiger partial charge in [-0.1, -0.05) is 0 Å². The fraction of sp³-hybridized carbons (Fsp3) is 0.818. The Bertz CT molecular complexity index is 286. The lowest BCUT2D eigenvalue weighted by Crippen LogP contribution is -2.46. The molecular weight excluding hydrogens is 228 g/mol. The number of methoxy groups -OCH3 is 3. The summed E-state index contributed by atoms with van der Waals surface area (Å²) in [4.78, 5) is 23.0. The number of hydrogen-bond acceptors (Lipinski definition) is 6. The van der Waals surface area contributed by atoms with Crippen molar-refractivity contribution in [1.29, 1.82) is 0 Å². The molecule has 6 nitrogen and oxygen atoms in total. The van der Waals surface area contributed by atoms with Gasteiger partial charge in [-0.15, -0.1) is 0 Å². The van der Waals surface area contributed by atoms with Crippen LogP contribution in [0, 0.1) is 5.41 Å². The molecule has 0 amide bonds. The van der Waals surface area contributed by atoms with Crippen LogP contribution >= 0.6 is 0 Å². The monoisotopic (exact) mass is 248 g/mol. The molecule has 6 heteroatoms. The molecule has 0 rings (SSSR count). The first kappa shape index (κ1) is 15.9. The van der Waals surface area contributed by atoms with Crippen molar-refractivity contribution < 1.29 is 28.9 Å². The third kappa shape index (κ3) is 3.98. The fourth-order valence-corrected chi connectivity index (χ4v) is 1.80. The quantitative estimate of drug-likeness (QED) is 0.673. The summed E-state index contributed by atoms with van der Waals surface area (Å²) in [5, 5.41) is 9.95. The van der Waals surface area contributed by atoms with Crippen molar-refractivity contribution in [1.82, 2.24) is 0 Å². The summed E-state index contributed by atoms with van der Waals surface area (Å²) in [6, 6.07) is 0. The molecule has 0 saturated carbocycles. The van der Waals surface area contributed by atoms with Crippen molar-refractivity contribution in [3.05, 3.63) is 0 Å². The average Bonchev–Trinajstić information content (AvgIpc) is 2.26. The van der Waals surface area contributed by atoms with Gasteiger partial charge >= 0.3 is 11.9 Å². The second-order valence-electron chi connectivity index (χ2n) is 4.43.